The molecular formula is C28H37N3O7S. The number of rotatable bonds is 14. The van der Waals surface area contributed by atoms with E-state index in [1.54, 1.807) is 30.3 Å². The van der Waals surface area contributed by atoms with Crippen LogP contribution < -0.4 is 5.32 Å². The minimum Gasteiger partial charge on any atom is -0.452 e. The van der Waals surface area contributed by atoms with E-state index in [4.69, 9.17) is 14.2 Å². The average Bonchev–Trinajstić information content (AvgIpc) is 2.91. The topological polar surface area (TPSA) is 124 Å². The van der Waals surface area contributed by atoms with Crippen LogP contribution in [0.3, 0.4) is 0 Å². The van der Waals surface area contributed by atoms with Gasteiger partial charge in [0.1, 0.15) is 5.82 Å². The quantitative estimate of drug-likeness (QED) is 0.178. The summed E-state index contributed by atoms with van der Waals surface area (Å²) in [6.07, 6.45) is 8.34. The van der Waals surface area contributed by atoms with Gasteiger partial charge in [0.05, 0.1) is 11.5 Å². The molecule has 11 heteroatoms. The first-order valence-electron chi connectivity index (χ1n) is 13.3. The standard InChI is InChI=1S/C28H37N3O7S/c1-4-5-6-7-8-9-10-15-20-36-28(33)38-21(2)37-26-22-16-11-12-17-23(22)39(34,35)31(3)25(26)27(32)30-24-18-13-14-19-29-24/h11-14,16-19,21H,4-10,15,20H2,1-3H3,(H,29,30,32). The van der Waals surface area contributed by atoms with Gasteiger partial charge < -0.3 is 19.5 Å². The zero-order valence-electron chi connectivity index (χ0n) is 22.7. The average molecular weight is 560 g/mol. The van der Waals surface area contributed by atoms with Gasteiger partial charge in [-0.2, -0.15) is 0 Å². The van der Waals surface area contributed by atoms with Gasteiger partial charge in [0.25, 0.3) is 15.9 Å². The summed E-state index contributed by atoms with van der Waals surface area (Å²) in [5.74, 6) is -0.582. The molecule has 212 valence electrons. The number of benzene rings is 1. The highest BCUT2D eigenvalue weighted by atomic mass is 32.2. The van der Waals surface area contributed by atoms with Gasteiger partial charge in [-0.05, 0) is 30.7 Å². The van der Waals surface area contributed by atoms with Gasteiger partial charge in [-0.15, -0.1) is 0 Å². The molecule has 1 aliphatic rings. The molecule has 1 aromatic heterocycles. The number of amides is 1. The fourth-order valence-electron chi connectivity index (χ4n) is 4.15. The molecule has 1 aliphatic heterocycles. The van der Waals surface area contributed by atoms with E-state index in [1.165, 1.54) is 64.4 Å². The number of unbranched alkanes of at least 4 members (excludes halogenated alkanes) is 7. The summed E-state index contributed by atoms with van der Waals surface area (Å²) < 4.78 is 43.5. The van der Waals surface area contributed by atoms with E-state index in [-0.39, 0.29) is 34.3 Å². The molecule has 2 heterocycles. The summed E-state index contributed by atoms with van der Waals surface area (Å²) >= 11 is 0. The number of fused-ring (bicyclic) bond motifs is 1. The number of nitrogens with one attached hydrogen (secondary N) is 1. The fraction of sp³-hybridized carbons (Fsp3) is 0.464. The Bertz CT molecular complexity index is 1250. The molecule has 1 amide bonds. The first-order valence-corrected chi connectivity index (χ1v) is 14.7. The molecule has 0 fully saturated rings. The molecule has 0 bridgehead atoms. The van der Waals surface area contributed by atoms with Crippen molar-refractivity contribution in [2.75, 3.05) is 19.0 Å². The maximum atomic E-state index is 13.3. The molecule has 1 atom stereocenters. The van der Waals surface area contributed by atoms with E-state index in [0.717, 1.165) is 23.6 Å². The highest BCUT2D eigenvalue weighted by molar-refractivity contribution is 7.89. The van der Waals surface area contributed by atoms with Crippen molar-refractivity contribution in [1.82, 2.24) is 9.29 Å². The molecule has 1 unspecified atom stereocenters. The minimum atomic E-state index is -4.04. The van der Waals surface area contributed by atoms with Gasteiger partial charge in [0.2, 0.25) is 6.29 Å². The van der Waals surface area contributed by atoms with Crippen LogP contribution in [0.2, 0.25) is 0 Å². The lowest BCUT2D eigenvalue weighted by atomic mass is 10.1. The molecule has 2 aromatic rings. The van der Waals surface area contributed by atoms with Crippen molar-refractivity contribution in [2.24, 2.45) is 0 Å². The predicted molar refractivity (Wildman–Crippen MR) is 147 cm³/mol. The third-order valence-electron chi connectivity index (χ3n) is 6.19. The lowest BCUT2D eigenvalue weighted by Gasteiger charge is -2.31. The Labute approximate surface area is 230 Å². The zero-order valence-corrected chi connectivity index (χ0v) is 23.5. The second kappa shape index (κ2) is 14.5. The number of hydrogen-bond donors (Lipinski definition) is 1. The highest BCUT2D eigenvalue weighted by Gasteiger charge is 2.39. The van der Waals surface area contributed by atoms with Crippen LogP contribution in [0.25, 0.3) is 5.76 Å². The SMILES string of the molecule is CCCCCCCCCCOC(=O)OC(C)OC1=C(C(=O)Nc2ccccn2)N(C)S(=O)(=O)c2ccccc21. The molecule has 39 heavy (non-hydrogen) atoms. The number of ether oxygens (including phenoxy) is 3. The van der Waals surface area contributed by atoms with Crippen LogP contribution in [0.15, 0.2) is 59.3 Å². The Balaban J connectivity index is 1.67. The van der Waals surface area contributed by atoms with Crippen molar-refractivity contribution < 1.29 is 32.2 Å². The molecule has 1 N–H and O–H groups in total. The third kappa shape index (κ3) is 8.19. The van der Waals surface area contributed by atoms with Gasteiger partial charge in [-0.25, -0.2) is 18.2 Å². The van der Waals surface area contributed by atoms with Gasteiger partial charge in [0, 0.05) is 25.7 Å². The van der Waals surface area contributed by atoms with Crippen LogP contribution in [0.1, 0.15) is 70.8 Å². The molecule has 0 saturated heterocycles. The predicted octanol–water partition coefficient (Wildman–Crippen LogP) is 5.68. The molecule has 10 nitrogen and oxygen atoms in total. The van der Waals surface area contributed by atoms with E-state index in [0.29, 0.717) is 0 Å². The second-order valence-electron chi connectivity index (χ2n) is 9.19. The Hall–Kier alpha value is -3.60. The number of likely N-dealkylation sites (N-methyl/N-ethyl adjacent to an activating group) is 1. The zero-order chi connectivity index (χ0) is 28.3. The summed E-state index contributed by atoms with van der Waals surface area (Å²) in [4.78, 5) is 29.5. The second-order valence-corrected chi connectivity index (χ2v) is 11.1. The van der Waals surface area contributed by atoms with Crippen molar-refractivity contribution in [1.29, 1.82) is 0 Å². The number of carbonyl (C=O) groups is 2. The molecular weight excluding hydrogens is 522 g/mol. The van der Waals surface area contributed by atoms with Crippen LogP contribution in [0.4, 0.5) is 10.6 Å². The Morgan fingerprint density at radius 2 is 1.64 bits per heavy atom. The van der Waals surface area contributed by atoms with Crippen molar-refractivity contribution in [2.45, 2.75) is 76.4 Å². The number of sulfonamides is 1. The number of carbonyl (C=O) groups excluding carboxylic acids is 2. The van der Waals surface area contributed by atoms with E-state index in [2.05, 4.69) is 17.2 Å². The Morgan fingerprint density at radius 3 is 2.33 bits per heavy atom. The Morgan fingerprint density at radius 1 is 0.974 bits per heavy atom. The fourth-order valence-corrected chi connectivity index (χ4v) is 5.54. The van der Waals surface area contributed by atoms with Crippen LogP contribution in [0.5, 0.6) is 0 Å². The van der Waals surface area contributed by atoms with Crippen molar-refractivity contribution in [3.8, 4) is 0 Å². The van der Waals surface area contributed by atoms with Gasteiger partial charge in [-0.3, -0.25) is 9.10 Å². The van der Waals surface area contributed by atoms with E-state index in [9.17, 15) is 18.0 Å². The maximum absolute atomic E-state index is 13.3. The van der Waals surface area contributed by atoms with Crippen LogP contribution in [-0.4, -0.2) is 49.7 Å². The van der Waals surface area contributed by atoms with Crippen LogP contribution >= 0.6 is 0 Å². The van der Waals surface area contributed by atoms with E-state index in [1.807, 2.05) is 0 Å². The lowest BCUT2D eigenvalue weighted by Crippen LogP contribution is -2.38. The Kier molecular flexibility index (Phi) is 11.2. The van der Waals surface area contributed by atoms with E-state index < -0.39 is 28.4 Å². The number of nitrogens with zero attached hydrogens (tertiary/aromatic N) is 2. The summed E-state index contributed by atoms with van der Waals surface area (Å²) in [6, 6.07) is 11.1. The summed E-state index contributed by atoms with van der Waals surface area (Å²) in [5.41, 5.74) is -0.105. The maximum Gasteiger partial charge on any atom is 0.511 e. The van der Waals surface area contributed by atoms with Crippen molar-refractivity contribution >= 4 is 33.7 Å². The molecule has 0 saturated carbocycles. The van der Waals surface area contributed by atoms with Crippen molar-refractivity contribution in [3.05, 3.63) is 59.9 Å². The van der Waals surface area contributed by atoms with E-state index >= 15 is 0 Å². The highest BCUT2D eigenvalue weighted by Crippen LogP contribution is 2.37. The normalized spacial score (nSPS) is 14.8. The van der Waals surface area contributed by atoms with Gasteiger partial charge in [-0.1, -0.05) is 70.1 Å². The van der Waals surface area contributed by atoms with Gasteiger partial charge in [0.15, 0.2) is 11.5 Å². The van der Waals surface area contributed by atoms with Crippen molar-refractivity contribution in [3.63, 3.8) is 0 Å². The van der Waals surface area contributed by atoms with Crippen LogP contribution in [0, 0.1) is 0 Å². The number of hydrogen-bond acceptors (Lipinski definition) is 8. The lowest BCUT2D eigenvalue weighted by molar-refractivity contribution is -0.114. The smallest absolute Gasteiger partial charge is 0.452 e. The molecule has 0 aliphatic carbocycles. The first-order chi connectivity index (χ1) is 18.8. The molecule has 0 spiro atoms. The van der Waals surface area contributed by atoms with Gasteiger partial charge >= 0.3 is 6.16 Å². The minimum absolute atomic E-state index is 0.0404. The summed E-state index contributed by atoms with van der Waals surface area (Å²) in [5, 5.41) is 2.59. The van der Waals surface area contributed by atoms with Crippen LogP contribution in [-0.2, 0) is 29.0 Å². The summed E-state index contributed by atoms with van der Waals surface area (Å²) in [7, 11) is -2.79. The number of aromatic nitrogens is 1. The monoisotopic (exact) mass is 559 g/mol. The molecule has 3 rings (SSSR count). The molecule has 1 aromatic carbocycles. The first kappa shape index (κ1) is 29.9. The molecule has 0 radical (unpaired) electrons. The third-order valence-corrected chi connectivity index (χ3v) is 8.00. The largest absolute Gasteiger partial charge is 0.511 e. The summed E-state index contributed by atoms with van der Waals surface area (Å²) in [6.45, 7) is 3.88. The number of anilines is 1. The number of pyridine rings is 1.